The second-order valence-electron chi connectivity index (χ2n) is 10.3. The fraction of sp³-hybridized carbons (Fsp3) is 0.542. The van der Waals surface area contributed by atoms with Gasteiger partial charge in [0.1, 0.15) is 17.5 Å². The molecular formula is C24H28FN3O4. The number of rotatable bonds is 5. The number of hydrogen-bond donors (Lipinski definition) is 2. The van der Waals surface area contributed by atoms with Crippen molar-refractivity contribution in [1.29, 1.82) is 0 Å². The Morgan fingerprint density at radius 1 is 1.19 bits per heavy atom. The Balaban J connectivity index is 1.41. The summed E-state index contributed by atoms with van der Waals surface area (Å²) in [5.74, 6) is -2.52. The van der Waals surface area contributed by atoms with E-state index in [2.05, 4.69) is 10.6 Å². The van der Waals surface area contributed by atoms with Crippen molar-refractivity contribution in [3.8, 4) is 0 Å². The third-order valence-corrected chi connectivity index (χ3v) is 6.68. The van der Waals surface area contributed by atoms with Crippen molar-refractivity contribution in [3.63, 3.8) is 0 Å². The minimum Gasteiger partial charge on any atom is -0.359 e. The number of likely N-dealkylation sites (tertiary alicyclic amines) is 1. The summed E-state index contributed by atoms with van der Waals surface area (Å²) in [5, 5.41) is 5.87. The van der Waals surface area contributed by atoms with Crippen molar-refractivity contribution in [3.05, 3.63) is 47.8 Å². The van der Waals surface area contributed by atoms with Gasteiger partial charge in [-0.15, -0.1) is 0 Å². The van der Waals surface area contributed by atoms with Crippen LogP contribution in [0.1, 0.15) is 39.2 Å². The molecule has 1 aromatic rings. The van der Waals surface area contributed by atoms with Gasteiger partial charge in [-0.2, -0.15) is 0 Å². The van der Waals surface area contributed by atoms with E-state index in [1.807, 2.05) is 26.8 Å². The Bertz CT molecular complexity index is 997. The minimum atomic E-state index is -1.13. The van der Waals surface area contributed by atoms with Crippen LogP contribution in [-0.4, -0.2) is 51.9 Å². The fourth-order valence-electron chi connectivity index (χ4n) is 5.30. The number of nitrogens with one attached hydrogen (secondary N) is 2. The molecule has 1 aliphatic carbocycles. The van der Waals surface area contributed by atoms with Crippen molar-refractivity contribution in [2.24, 2.45) is 11.8 Å². The van der Waals surface area contributed by atoms with Crippen molar-refractivity contribution in [1.82, 2.24) is 15.5 Å². The Labute approximate surface area is 186 Å². The van der Waals surface area contributed by atoms with Gasteiger partial charge >= 0.3 is 0 Å². The Kier molecular flexibility index (Phi) is 4.71. The molecule has 5 atom stereocenters. The molecular weight excluding hydrogens is 413 g/mol. The summed E-state index contributed by atoms with van der Waals surface area (Å²) in [6, 6.07) is 5.12. The zero-order valence-corrected chi connectivity index (χ0v) is 18.4. The summed E-state index contributed by atoms with van der Waals surface area (Å²) >= 11 is 0. The molecule has 170 valence electrons. The molecule has 0 unspecified atom stereocenters. The second-order valence-corrected chi connectivity index (χ2v) is 10.3. The molecule has 3 heterocycles. The van der Waals surface area contributed by atoms with Crippen LogP contribution in [0.25, 0.3) is 0 Å². The van der Waals surface area contributed by atoms with E-state index in [0.29, 0.717) is 0 Å². The van der Waals surface area contributed by atoms with E-state index < -0.39 is 35.1 Å². The monoisotopic (exact) mass is 441 g/mol. The van der Waals surface area contributed by atoms with Crippen LogP contribution < -0.4 is 10.6 Å². The molecule has 2 N–H and O–H groups in total. The van der Waals surface area contributed by atoms with Crippen LogP contribution in [-0.2, 0) is 25.7 Å². The maximum absolute atomic E-state index is 13.6. The van der Waals surface area contributed by atoms with Gasteiger partial charge in [-0.1, -0.05) is 24.3 Å². The van der Waals surface area contributed by atoms with Gasteiger partial charge in [0.2, 0.25) is 17.7 Å². The molecule has 5 rings (SSSR count). The Morgan fingerprint density at radius 2 is 1.88 bits per heavy atom. The van der Waals surface area contributed by atoms with Gasteiger partial charge in [-0.3, -0.25) is 14.4 Å². The first-order valence-electron chi connectivity index (χ1n) is 11.1. The molecule has 1 saturated carbocycles. The summed E-state index contributed by atoms with van der Waals surface area (Å²) in [4.78, 5) is 41.8. The summed E-state index contributed by atoms with van der Waals surface area (Å²) in [6.07, 6.45) is 4.77. The molecule has 3 fully saturated rings. The largest absolute Gasteiger partial charge is 0.359 e. The average Bonchev–Trinajstić information content (AvgIpc) is 3.31. The second kappa shape index (κ2) is 7.13. The van der Waals surface area contributed by atoms with E-state index >= 15 is 0 Å². The fourth-order valence-corrected chi connectivity index (χ4v) is 5.30. The first-order chi connectivity index (χ1) is 15.1. The summed E-state index contributed by atoms with van der Waals surface area (Å²) < 4.78 is 19.4. The van der Waals surface area contributed by atoms with E-state index in [-0.39, 0.29) is 36.1 Å². The van der Waals surface area contributed by atoms with Crippen LogP contribution in [0.15, 0.2) is 36.4 Å². The maximum Gasteiger partial charge on any atom is 0.246 e. The molecule has 2 bridgehead atoms. The number of fused-ring (bicyclic) bond motifs is 1. The van der Waals surface area contributed by atoms with Crippen LogP contribution in [0.4, 0.5) is 4.39 Å². The van der Waals surface area contributed by atoms with Gasteiger partial charge in [-0.05, 0) is 51.3 Å². The van der Waals surface area contributed by atoms with Crippen LogP contribution in [0.3, 0.4) is 0 Å². The maximum atomic E-state index is 13.6. The molecule has 8 heteroatoms. The number of benzene rings is 1. The van der Waals surface area contributed by atoms with Gasteiger partial charge in [0.15, 0.2) is 0 Å². The lowest BCUT2D eigenvalue weighted by molar-refractivity contribution is -0.143. The van der Waals surface area contributed by atoms with Crippen molar-refractivity contribution < 1.29 is 23.5 Å². The molecule has 3 aliphatic heterocycles. The van der Waals surface area contributed by atoms with Gasteiger partial charge in [-0.25, -0.2) is 4.39 Å². The highest BCUT2D eigenvalue weighted by molar-refractivity contribution is 6.00. The molecule has 2 saturated heterocycles. The number of hydrogen-bond acceptors (Lipinski definition) is 4. The lowest BCUT2D eigenvalue weighted by atomic mass is 9.74. The van der Waals surface area contributed by atoms with E-state index in [9.17, 15) is 18.8 Å². The Hall–Kier alpha value is -2.74. The third-order valence-electron chi connectivity index (χ3n) is 6.68. The number of carbonyl (C=O) groups is 3. The van der Waals surface area contributed by atoms with Crippen molar-refractivity contribution >= 4 is 17.7 Å². The number of nitrogens with zero attached hydrogens (tertiary/aromatic N) is 1. The topological polar surface area (TPSA) is 87.7 Å². The summed E-state index contributed by atoms with van der Waals surface area (Å²) in [7, 11) is 0. The smallest absolute Gasteiger partial charge is 0.246 e. The predicted octanol–water partition coefficient (Wildman–Crippen LogP) is 1.67. The van der Waals surface area contributed by atoms with Gasteiger partial charge in [0.25, 0.3) is 0 Å². The highest BCUT2D eigenvalue weighted by Gasteiger charge is 2.74. The van der Waals surface area contributed by atoms with Crippen LogP contribution in [0.5, 0.6) is 0 Å². The quantitative estimate of drug-likeness (QED) is 0.681. The number of ether oxygens (including phenoxy) is 1. The zero-order chi connectivity index (χ0) is 22.8. The Morgan fingerprint density at radius 3 is 2.50 bits per heavy atom. The molecule has 3 amide bonds. The molecule has 4 aliphatic rings. The lowest BCUT2D eigenvalue weighted by Gasteiger charge is -2.34. The minimum absolute atomic E-state index is 0.0113. The van der Waals surface area contributed by atoms with Gasteiger partial charge in [0.05, 0.1) is 17.9 Å². The molecule has 1 aromatic carbocycles. The first kappa shape index (κ1) is 21.1. The van der Waals surface area contributed by atoms with Crippen LogP contribution in [0.2, 0.25) is 0 Å². The molecule has 7 nitrogen and oxygen atoms in total. The molecule has 0 aromatic heterocycles. The third kappa shape index (κ3) is 3.32. The van der Waals surface area contributed by atoms with Crippen molar-refractivity contribution in [2.45, 2.75) is 69.5 Å². The van der Waals surface area contributed by atoms with E-state index in [1.54, 1.807) is 23.1 Å². The van der Waals surface area contributed by atoms with Gasteiger partial charge in [0, 0.05) is 18.1 Å². The van der Waals surface area contributed by atoms with Gasteiger partial charge < -0.3 is 20.3 Å². The summed E-state index contributed by atoms with van der Waals surface area (Å²) in [5.41, 5.74) is -0.831. The zero-order valence-electron chi connectivity index (χ0n) is 18.4. The average molecular weight is 442 g/mol. The van der Waals surface area contributed by atoms with E-state index in [0.717, 1.165) is 18.4 Å². The first-order valence-corrected chi connectivity index (χ1v) is 11.1. The van der Waals surface area contributed by atoms with E-state index in [4.69, 9.17) is 4.74 Å². The number of carbonyl (C=O) groups excluding carboxylic acids is 3. The highest BCUT2D eigenvalue weighted by atomic mass is 19.1. The molecule has 32 heavy (non-hydrogen) atoms. The van der Waals surface area contributed by atoms with E-state index in [1.165, 1.54) is 12.1 Å². The predicted molar refractivity (Wildman–Crippen MR) is 114 cm³/mol. The number of halogens is 1. The molecule has 0 radical (unpaired) electrons. The van der Waals surface area contributed by atoms with Crippen LogP contribution in [0, 0.1) is 17.7 Å². The lowest BCUT2D eigenvalue weighted by Crippen LogP contribution is -2.58. The summed E-state index contributed by atoms with van der Waals surface area (Å²) in [6.45, 7) is 5.91. The SMILES string of the molecule is CC(C)(C)NC(=O)[C@H]1N(C2CC2)C(=O)[C@H]2[C@@H](C(=O)NCc3ccc(F)cc3)[C@H]3C=C[C@@]21O3. The standard InChI is InChI=1S/C24H28FN3O4/c1-23(2,3)27-21(30)19-24-11-10-16(32-24)17(18(24)22(31)28(19)15-8-9-15)20(29)26-12-13-4-6-14(25)7-5-13/h4-7,10-11,15-19H,8-9,12H2,1-3H3,(H,26,29)(H,27,30)/t16-,17+,18-,19-,24-/m1/s1. The van der Waals surface area contributed by atoms with Crippen LogP contribution >= 0.6 is 0 Å². The number of amides is 3. The van der Waals surface area contributed by atoms with Crippen molar-refractivity contribution in [2.75, 3.05) is 0 Å². The highest BCUT2D eigenvalue weighted by Crippen LogP contribution is 2.57. The normalized spacial score (nSPS) is 32.9. The molecule has 1 spiro atoms.